The minimum atomic E-state index is -3.90. The lowest BCUT2D eigenvalue weighted by atomic mass is 10.1. The Morgan fingerprint density at radius 1 is 1.10 bits per heavy atom. The highest BCUT2D eigenvalue weighted by Gasteiger charge is 2.26. The van der Waals surface area contributed by atoms with Gasteiger partial charge < -0.3 is 14.8 Å². The summed E-state index contributed by atoms with van der Waals surface area (Å²) in [7, 11) is -0.784. The summed E-state index contributed by atoms with van der Waals surface area (Å²) in [6, 6.07) is 12.9. The molecule has 0 heterocycles. The number of methoxy groups -OCH3 is 2. The Hall–Kier alpha value is -2.42. The fraction of sp³-hybridized carbons (Fsp3) is 0.381. The van der Waals surface area contributed by atoms with Crippen molar-refractivity contribution in [2.45, 2.75) is 30.7 Å². The first-order chi connectivity index (χ1) is 13.9. The quantitative estimate of drug-likeness (QED) is 0.543. The zero-order valence-corrected chi connectivity index (χ0v) is 17.8. The van der Waals surface area contributed by atoms with Gasteiger partial charge in [0.05, 0.1) is 12.0 Å². The Kier molecular flexibility index (Phi) is 8.63. The van der Waals surface area contributed by atoms with Crippen LogP contribution in [0.1, 0.15) is 17.5 Å². The lowest BCUT2D eigenvalue weighted by Crippen LogP contribution is -2.48. The average Bonchev–Trinajstić information content (AvgIpc) is 2.71. The second-order valence-corrected chi connectivity index (χ2v) is 8.35. The van der Waals surface area contributed by atoms with E-state index in [-0.39, 0.29) is 17.2 Å². The lowest BCUT2D eigenvalue weighted by Gasteiger charge is -2.19. The largest absolute Gasteiger partial charge is 0.496 e. The fourth-order valence-corrected chi connectivity index (χ4v) is 4.14. The van der Waals surface area contributed by atoms with Crippen LogP contribution in [0.15, 0.2) is 53.4 Å². The molecule has 0 aliphatic heterocycles. The molecule has 0 aliphatic rings. The SMILES string of the molecule is COCCCNC(=O)C(Cc1ccccc1)NS(=O)(=O)c1ccc(OC)c(C)c1. The first-order valence-electron chi connectivity index (χ1n) is 9.35. The predicted octanol–water partition coefficient (Wildman–Crippen LogP) is 2.05. The van der Waals surface area contributed by atoms with E-state index in [4.69, 9.17) is 9.47 Å². The molecule has 0 saturated heterocycles. The molecule has 2 aromatic carbocycles. The Labute approximate surface area is 172 Å². The molecule has 0 fully saturated rings. The van der Waals surface area contributed by atoms with Crippen LogP contribution in [0.4, 0.5) is 0 Å². The zero-order valence-electron chi connectivity index (χ0n) is 17.0. The normalized spacial score (nSPS) is 12.4. The van der Waals surface area contributed by atoms with E-state index in [9.17, 15) is 13.2 Å². The van der Waals surface area contributed by atoms with E-state index in [0.717, 1.165) is 5.56 Å². The standard InChI is InChI=1S/C21H28N2O5S/c1-16-14-18(10-11-20(16)28-3)29(25,26)23-19(15-17-8-5-4-6-9-17)21(24)22-12-7-13-27-2/h4-6,8-11,14,19,23H,7,12-13,15H2,1-3H3,(H,22,24). The number of rotatable bonds is 11. The number of carbonyl (C=O) groups is 1. The molecule has 0 spiro atoms. The molecule has 0 saturated carbocycles. The van der Waals surface area contributed by atoms with Crippen LogP contribution in [-0.2, 0) is 26.0 Å². The van der Waals surface area contributed by atoms with Crippen molar-refractivity contribution in [1.82, 2.24) is 10.0 Å². The first kappa shape index (κ1) is 22.9. The van der Waals surface area contributed by atoms with Gasteiger partial charge in [0.1, 0.15) is 11.8 Å². The van der Waals surface area contributed by atoms with Gasteiger partial charge in [-0.05, 0) is 49.1 Å². The summed E-state index contributed by atoms with van der Waals surface area (Å²) in [5.74, 6) is 0.222. The number of hydrogen-bond acceptors (Lipinski definition) is 5. The van der Waals surface area contributed by atoms with Crippen LogP contribution in [0, 0.1) is 6.92 Å². The number of nitrogens with one attached hydrogen (secondary N) is 2. The molecule has 2 rings (SSSR count). The van der Waals surface area contributed by atoms with Crippen LogP contribution >= 0.6 is 0 Å². The number of benzene rings is 2. The first-order valence-corrected chi connectivity index (χ1v) is 10.8. The number of ether oxygens (including phenoxy) is 2. The Morgan fingerprint density at radius 3 is 2.45 bits per heavy atom. The summed E-state index contributed by atoms with van der Waals surface area (Å²) in [4.78, 5) is 12.8. The summed E-state index contributed by atoms with van der Waals surface area (Å²) in [5.41, 5.74) is 1.55. The van der Waals surface area contributed by atoms with Gasteiger partial charge in [0, 0.05) is 20.3 Å². The van der Waals surface area contributed by atoms with Gasteiger partial charge in [0.15, 0.2) is 0 Å². The number of sulfonamides is 1. The van der Waals surface area contributed by atoms with Gasteiger partial charge in [-0.25, -0.2) is 8.42 Å². The van der Waals surface area contributed by atoms with Gasteiger partial charge in [0.25, 0.3) is 0 Å². The van der Waals surface area contributed by atoms with Crippen molar-refractivity contribution < 1.29 is 22.7 Å². The van der Waals surface area contributed by atoms with Crippen molar-refractivity contribution in [2.75, 3.05) is 27.4 Å². The third-order valence-corrected chi connectivity index (χ3v) is 5.87. The molecule has 0 bridgehead atoms. The van der Waals surface area contributed by atoms with Crippen molar-refractivity contribution in [3.8, 4) is 5.75 Å². The molecule has 1 unspecified atom stereocenters. The molecular weight excluding hydrogens is 392 g/mol. The van der Waals surface area contributed by atoms with Crippen LogP contribution in [-0.4, -0.2) is 47.7 Å². The minimum absolute atomic E-state index is 0.0843. The van der Waals surface area contributed by atoms with E-state index in [1.54, 1.807) is 20.1 Å². The Bertz CT molecular complexity index is 901. The zero-order chi connectivity index (χ0) is 21.3. The van der Waals surface area contributed by atoms with Gasteiger partial charge in [-0.3, -0.25) is 4.79 Å². The highest BCUT2D eigenvalue weighted by molar-refractivity contribution is 7.89. The molecule has 2 aromatic rings. The number of aryl methyl sites for hydroxylation is 1. The summed E-state index contributed by atoms with van der Waals surface area (Å²) in [6.45, 7) is 2.68. The van der Waals surface area contributed by atoms with Gasteiger partial charge in [-0.1, -0.05) is 30.3 Å². The van der Waals surface area contributed by atoms with Crippen molar-refractivity contribution in [3.63, 3.8) is 0 Å². The van der Waals surface area contributed by atoms with Gasteiger partial charge in [-0.15, -0.1) is 0 Å². The van der Waals surface area contributed by atoms with Crippen molar-refractivity contribution >= 4 is 15.9 Å². The lowest BCUT2D eigenvalue weighted by molar-refractivity contribution is -0.122. The summed E-state index contributed by atoms with van der Waals surface area (Å²) < 4.78 is 38.5. The fourth-order valence-electron chi connectivity index (χ4n) is 2.86. The highest BCUT2D eigenvalue weighted by Crippen LogP contribution is 2.21. The molecule has 158 valence electrons. The van der Waals surface area contributed by atoms with Gasteiger partial charge in [0.2, 0.25) is 15.9 Å². The van der Waals surface area contributed by atoms with E-state index in [2.05, 4.69) is 10.0 Å². The predicted molar refractivity (Wildman–Crippen MR) is 111 cm³/mol. The van der Waals surface area contributed by atoms with Crippen LogP contribution in [0.25, 0.3) is 0 Å². The maximum Gasteiger partial charge on any atom is 0.241 e. The maximum atomic E-state index is 12.9. The minimum Gasteiger partial charge on any atom is -0.496 e. The second kappa shape index (κ2) is 10.9. The topological polar surface area (TPSA) is 93.7 Å². The van der Waals surface area contributed by atoms with E-state index in [1.807, 2.05) is 30.3 Å². The molecule has 0 aromatic heterocycles. The van der Waals surface area contributed by atoms with Gasteiger partial charge in [-0.2, -0.15) is 4.72 Å². The van der Waals surface area contributed by atoms with Crippen LogP contribution < -0.4 is 14.8 Å². The third kappa shape index (κ3) is 6.85. The Morgan fingerprint density at radius 2 is 1.83 bits per heavy atom. The number of hydrogen-bond donors (Lipinski definition) is 2. The average molecular weight is 421 g/mol. The summed E-state index contributed by atoms with van der Waals surface area (Å²) in [5, 5.41) is 2.78. The molecular formula is C21H28N2O5S. The summed E-state index contributed by atoms with van der Waals surface area (Å²) >= 11 is 0. The van der Waals surface area contributed by atoms with Crippen LogP contribution in [0.2, 0.25) is 0 Å². The van der Waals surface area contributed by atoms with Gasteiger partial charge >= 0.3 is 0 Å². The molecule has 0 aliphatic carbocycles. The monoisotopic (exact) mass is 420 g/mol. The highest BCUT2D eigenvalue weighted by atomic mass is 32.2. The summed E-state index contributed by atoms with van der Waals surface area (Å²) in [6.07, 6.45) is 0.885. The second-order valence-electron chi connectivity index (χ2n) is 6.63. The molecule has 0 radical (unpaired) electrons. The van der Waals surface area contributed by atoms with E-state index in [0.29, 0.717) is 30.9 Å². The number of carbonyl (C=O) groups excluding carboxylic acids is 1. The Balaban J connectivity index is 2.20. The van der Waals surface area contributed by atoms with Crippen molar-refractivity contribution in [1.29, 1.82) is 0 Å². The third-order valence-electron chi connectivity index (χ3n) is 4.40. The van der Waals surface area contributed by atoms with Crippen molar-refractivity contribution in [3.05, 3.63) is 59.7 Å². The molecule has 1 atom stereocenters. The van der Waals surface area contributed by atoms with E-state index >= 15 is 0 Å². The molecule has 29 heavy (non-hydrogen) atoms. The molecule has 1 amide bonds. The van der Waals surface area contributed by atoms with Crippen LogP contribution in [0.3, 0.4) is 0 Å². The van der Waals surface area contributed by atoms with E-state index < -0.39 is 16.1 Å². The number of amides is 1. The van der Waals surface area contributed by atoms with Crippen molar-refractivity contribution in [2.24, 2.45) is 0 Å². The molecule has 7 nitrogen and oxygen atoms in total. The maximum absolute atomic E-state index is 12.9. The van der Waals surface area contributed by atoms with E-state index in [1.165, 1.54) is 19.2 Å². The molecule has 8 heteroatoms. The molecule has 2 N–H and O–H groups in total. The van der Waals surface area contributed by atoms with Crippen LogP contribution in [0.5, 0.6) is 5.75 Å². The smallest absolute Gasteiger partial charge is 0.241 e.